The number of morpholine rings is 1. The highest BCUT2D eigenvalue weighted by Crippen LogP contribution is 2.43. The van der Waals surface area contributed by atoms with Crippen molar-refractivity contribution < 1.29 is 56.1 Å². The molecule has 1 aromatic carbocycles. The molecule has 2 N–H and O–H groups in total. The number of esters is 1. The second-order valence-corrected chi connectivity index (χ2v) is 23.2. The number of carbonyl (C=O) groups is 5. The Kier molecular flexibility index (Phi) is 16.5. The average molecular weight is 1050 g/mol. The van der Waals surface area contributed by atoms with Crippen LogP contribution < -0.4 is 10.7 Å². The van der Waals surface area contributed by atoms with E-state index in [0.29, 0.717) is 65.9 Å². The predicted octanol–water partition coefficient (Wildman–Crippen LogP) is 6.65. The molecule has 7 heterocycles. The van der Waals surface area contributed by atoms with Crippen LogP contribution in [0.1, 0.15) is 110 Å². The second-order valence-electron chi connectivity index (χ2n) is 23.2. The lowest BCUT2D eigenvalue weighted by Crippen LogP contribution is -2.64. The number of amides is 5. The molecular formula is C54H76F3N9O9. The summed E-state index contributed by atoms with van der Waals surface area (Å²) in [7, 11) is 3.09. The van der Waals surface area contributed by atoms with Crippen molar-refractivity contribution in [2.24, 2.45) is 11.3 Å². The molecule has 2 aromatic heterocycles. The van der Waals surface area contributed by atoms with E-state index in [0.717, 1.165) is 18.4 Å². The third-order valence-electron chi connectivity index (χ3n) is 15.2. The van der Waals surface area contributed by atoms with Crippen LogP contribution in [-0.4, -0.2) is 179 Å². The van der Waals surface area contributed by atoms with E-state index < -0.39 is 95.9 Å². The first-order valence-electron chi connectivity index (χ1n) is 26.4. The van der Waals surface area contributed by atoms with Crippen LogP contribution in [0.2, 0.25) is 0 Å². The van der Waals surface area contributed by atoms with E-state index in [9.17, 15) is 37.1 Å². The highest BCUT2D eigenvalue weighted by atomic mass is 19.4. The number of alkyl halides is 3. The minimum Gasteiger partial charge on any atom is -0.464 e. The largest absolute Gasteiger partial charge is 0.464 e. The average Bonchev–Trinajstić information content (AvgIpc) is 3.92. The Hall–Kier alpha value is -5.51. The van der Waals surface area contributed by atoms with E-state index >= 15 is 0 Å². The number of piperidine rings is 1. The molecule has 21 heteroatoms. The number of hydrogen-bond donors (Lipinski definition) is 2. The summed E-state index contributed by atoms with van der Waals surface area (Å²) in [5.41, 5.74) is 4.96. The fourth-order valence-electron chi connectivity index (χ4n) is 11.6. The molecule has 75 heavy (non-hydrogen) atoms. The van der Waals surface area contributed by atoms with Gasteiger partial charge in [0.2, 0.25) is 5.91 Å². The number of benzene rings is 1. The van der Waals surface area contributed by atoms with Gasteiger partial charge in [-0.2, -0.15) is 13.2 Å². The highest BCUT2D eigenvalue weighted by molar-refractivity contribution is 5.94. The lowest BCUT2D eigenvalue weighted by atomic mass is 9.83. The zero-order chi connectivity index (χ0) is 54.3. The number of urea groups is 1. The molecule has 8 atom stereocenters. The number of carbonyl (C=O) groups excluding carboxylic acids is 5. The Morgan fingerprint density at radius 3 is 2.45 bits per heavy atom. The highest BCUT2D eigenvalue weighted by Gasteiger charge is 2.47. The monoisotopic (exact) mass is 1050 g/mol. The summed E-state index contributed by atoms with van der Waals surface area (Å²) in [6.07, 6.45) is -1.86. The van der Waals surface area contributed by atoms with Gasteiger partial charge in [0.1, 0.15) is 30.3 Å². The zero-order valence-electron chi connectivity index (χ0n) is 45.1. The van der Waals surface area contributed by atoms with Gasteiger partial charge >= 0.3 is 24.3 Å². The standard InChI is InChI=1S/C54H76F3N9O9/c1-32(2)45(61(9)50(70)63-28-42-43(29-63)73-23-22-64(42)51(71)75-52(4,5)6)47(67)59-40-27-62-20-12-14-35(26-62)34-17-18-41-37(24-34)38(25-53(7,8)31-74-49(69)39-16-13-21-66(60-39)48(40)68)46(65(41)30-54(55,56)57)36-15-11-19-58-44(36)33(3)72-10/h11,15,17-19,24,32-33,35,39-40,42-43,45,60H,12-14,16,20-23,25-31H2,1-10H3,(H,59,67)/t33-,35+,39-,40-,42+,43-,45-/m0/s1. The summed E-state index contributed by atoms with van der Waals surface area (Å²) >= 11 is 0. The molecule has 8 rings (SSSR count). The molecule has 5 amide bonds. The lowest BCUT2D eigenvalue weighted by Gasteiger charge is -2.39. The molecule has 5 aliphatic rings. The molecule has 6 bridgehead atoms. The topological polar surface area (TPSA) is 180 Å². The Balaban J connectivity index is 1.12. The van der Waals surface area contributed by atoms with Gasteiger partial charge < -0.3 is 43.5 Å². The maximum atomic E-state index is 14.9. The molecule has 4 saturated heterocycles. The van der Waals surface area contributed by atoms with Gasteiger partial charge in [-0.15, -0.1) is 0 Å². The first-order valence-corrected chi connectivity index (χ1v) is 26.4. The summed E-state index contributed by atoms with van der Waals surface area (Å²) in [5, 5.41) is 5.09. The number of hydrazine groups is 1. The number of ether oxygens (including phenoxy) is 4. The zero-order valence-corrected chi connectivity index (χ0v) is 45.1. The van der Waals surface area contributed by atoms with Crippen molar-refractivity contribution in [3.8, 4) is 11.3 Å². The normalized spacial score (nSPS) is 25.5. The summed E-state index contributed by atoms with van der Waals surface area (Å²) in [4.78, 5) is 82.6. The Morgan fingerprint density at radius 1 is 1.00 bits per heavy atom. The number of nitrogens with zero attached hydrogens (tertiary/aromatic N) is 7. The number of rotatable bonds is 8. The number of methoxy groups -OCH3 is 1. The Labute approximate surface area is 437 Å². The number of pyridine rings is 1. The maximum Gasteiger partial charge on any atom is 0.410 e. The minimum atomic E-state index is -4.58. The Bertz CT molecular complexity index is 2600. The van der Waals surface area contributed by atoms with Gasteiger partial charge in [-0.1, -0.05) is 33.8 Å². The van der Waals surface area contributed by atoms with Gasteiger partial charge in [0.05, 0.1) is 49.4 Å². The van der Waals surface area contributed by atoms with Crippen LogP contribution in [0.4, 0.5) is 22.8 Å². The van der Waals surface area contributed by atoms with Crippen LogP contribution in [-0.2, 0) is 46.3 Å². The number of aromatic nitrogens is 2. The molecule has 0 saturated carbocycles. The van der Waals surface area contributed by atoms with E-state index in [2.05, 4.69) is 20.6 Å². The fraction of sp³-hybridized carbons (Fsp3) is 0.667. The van der Waals surface area contributed by atoms with Crippen LogP contribution in [0.5, 0.6) is 0 Å². The number of halogens is 3. The first-order chi connectivity index (χ1) is 35.3. The van der Waals surface area contributed by atoms with Crippen molar-refractivity contribution in [2.45, 2.75) is 148 Å². The molecule has 0 radical (unpaired) electrons. The molecule has 18 nitrogen and oxygen atoms in total. The number of hydrogen-bond acceptors (Lipinski definition) is 12. The molecule has 4 fully saturated rings. The first kappa shape index (κ1) is 55.7. The van der Waals surface area contributed by atoms with Crippen molar-refractivity contribution >= 4 is 40.8 Å². The minimum absolute atomic E-state index is 0.0791. The molecule has 412 valence electrons. The molecular weight excluding hydrogens is 976 g/mol. The van der Waals surface area contributed by atoms with Crippen LogP contribution in [0, 0.1) is 11.3 Å². The maximum absolute atomic E-state index is 14.9. The summed E-state index contributed by atoms with van der Waals surface area (Å²) in [6.45, 7) is 15.7. The van der Waals surface area contributed by atoms with Gasteiger partial charge in [0.25, 0.3) is 5.91 Å². The third-order valence-corrected chi connectivity index (χ3v) is 15.2. The lowest BCUT2D eigenvalue weighted by molar-refractivity contribution is -0.155. The van der Waals surface area contributed by atoms with Crippen LogP contribution in [0.3, 0.4) is 0 Å². The fourth-order valence-corrected chi connectivity index (χ4v) is 11.6. The van der Waals surface area contributed by atoms with E-state index in [-0.39, 0.29) is 51.7 Å². The summed E-state index contributed by atoms with van der Waals surface area (Å²) in [5.74, 6) is -2.07. The number of cyclic esters (lactones) is 1. The number of nitrogens with one attached hydrogen (secondary N) is 2. The van der Waals surface area contributed by atoms with Crippen molar-refractivity contribution in [3.63, 3.8) is 0 Å². The quantitative estimate of drug-likeness (QED) is 0.230. The van der Waals surface area contributed by atoms with E-state index in [1.54, 1.807) is 68.9 Å². The van der Waals surface area contributed by atoms with Crippen LogP contribution in [0.15, 0.2) is 36.5 Å². The smallest absolute Gasteiger partial charge is 0.410 e. The van der Waals surface area contributed by atoms with E-state index in [1.807, 2.05) is 39.8 Å². The van der Waals surface area contributed by atoms with Gasteiger partial charge in [-0.05, 0) is 114 Å². The van der Waals surface area contributed by atoms with E-state index in [4.69, 9.17) is 18.9 Å². The van der Waals surface area contributed by atoms with Crippen LogP contribution in [0.25, 0.3) is 22.2 Å². The van der Waals surface area contributed by atoms with Crippen molar-refractivity contribution in [3.05, 3.63) is 53.3 Å². The van der Waals surface area contributed by atoms with Crippen molar-refractivity contribution in [1.29, 1.82) is 0 Å². The number of likely N-dealkylation sites (tertiary alicyclic amines) is 1. The Morgan fingerprint density at radius 2 is 1.75 bits per heavy atom. The second kappa shape index (κ2) is 22.2. The number of likely N-dealkylation sites (N-methyl/N-ethyl adjacent to an activating group) is 1. The van der Waals surface area contributed by atoms with Gasteiger partial charge in [0, 0.05) is 75.0 Å². The molecule has 1 unspecified atom stereocenters. The van der Waals surface area contributed by atoms with Gasteiger partial charge in [-0.25, -0.2) is 15.0 Å². The van der Waals surface area contributed by atoms with Gasteiger partial charge in [0.15, 0.2) is 0 Å². The molecule has 3 aromatic rings. The molecule has 0 aliphatic carbocycles. The third kappa shape index (κ3) is 12.5. The number of fused-ring (bicyclic) bond motifs is 7. The van der Waals surface area contributed by atoms with Crippen molar-refractivity contribution in [1.82, 2.24) is 44.9 Å². The molecule has 5 aliphatic heterocycles. The summed E-state index contributed by atoms with van der Waals surface area (Å²) in [6, 6.07) is 5.22. The summed E-state index contributed by atoms with van der Waals surface area (Å²) < 4.78 is 69.1. The SMILES string of the molecule is CO[C@@H](C)c1ncccc1-c1c2c3cc(ccc3n1CC(F)(F)F)[C@@H]1CCCN(C1)C[C@H](NC(=O)[C@H](C(C)C)N(C)C(=O)N1C[C@@H]3OCCN(C(=O)OC(C)(C)C)[C@@H]3C1)C(=O)N1CCC[C@H](N1)C(=O)OCC(C)(C)C2. The van der Waals surface area contributed by atoms with Gasteiger partial charge in [-0.3, -0.25) is 29.3 Å². The van der Waals surface area contributed by atoms with Crippen LogP contribution >= 0.6 is 0 Å². The predicted molar refractivity (Wildman–Crippen MR) is 273 cm³/mol. The molecule has 0 spiro atoms. The van der Waals surface area contributed by atoms with Crippen molar-refractivity contribution in [2.75, 3.05) is 73.2 Å². The van der Waals surface area contributed by atoms with E-state index in [1.165, 1.54) is 21.6 Å².